The molecule has 1 aliphatic heterocycles. The summed E-state index contributed by atoms with van der Waals surface area (Å²) in [5, 5.41) is 16.4. The van der Waals surface area contributed by atoms with Crippen LogP contribution in [0.25, 0.3) is 15.4 Å². The van der Waals surface area contributed by atoms with Gasteiger partial charge in [-0.25, -0.2) is 23.2 Å². The predicted molar refractivity (Wildman–Crippen MR) is 131 cm³/mol. The van der Waals surface area contributed by atoms with Gasteiger partial charge < -0.3 is 10.4 Å². The second-order valence-electron chi connectivity index (χ2n) is 9.10. The lowest BCUT2D eigenvalue weighted by molar-refractivity contribution is -0.205. The molecule has 0 bridgehead atoms. The van der Waals surface area contributed by atoms with Crippen molar-refractivity contribution in [3.8, 4) is 10.6 Å². The van der Waals surface area contributed by atoms with E-state index in [1.807, 2.05) is 0 Å². The van der Waals surface area contributed by atoms with Crippen molar-refractivity contribution in [3.05, 3.63) is 46.5 Å². The van der Waals surface area contributed by atoms with Crippen molar-refractivity contribution >= 4 is 33.0 Å². The van der Waals surface area contributed by atoms with Crippen LogP contribution in [-0.4, -0.2) is 62.9 Å². The van der Waals surface area contributed by atoms with Gasteiger partial charge in [0.1, 0.15) is 10.5 Å². The monoisotopic (exact) mass is 609 g/mol. The molecule has 4 heterocycles. The van der Waals surface area contributed by atoms with Gasteiger partial charge in [0.15, 0.2) is 6.10 Å². The molecule has 1 fully saturated rings. The van der Waals surface area contributed by atoms with Crippen LogP contribution in [0.4, 0.5) is 38.0 Å². The Hall–Kier alpha value is -3.27. The van der Waals surface area contributed by atoms with Crippen LogP contribution in [0.3, 0.4) is 0 Å². The topological polar surface area (TPSA) is 118 Å². The van der Waals surface area contributed by atoms with E-state index >= 15 is 0 Å². The molecule has 3 aromatic rings. The van der Waals surface area contributed by atoms with E-state index in [9.17, 15) is 39.9 Å². The second-order valence-corrected chi connectivity index (χ2v) is 12.1. The van der Waals surface area contributed by atoms with E-state index in [2.05, 4.69) is 25.2 Å². The first kappa shape index (κ1) is 29.7. The number of nitrogens with one attached hydrogen (secondary N) is 1. The van der Waals surface area contributed by atoms with Crippen LogP contribution in [0.2, 0.25) is 0 Å². The lowest BCUT2D eigenvalue weighted by atomic mass is 9.95. The van der Waals surface area contributed by atoms with Crippen LogP contribution in [0.1, 0.15) is 29.9 Å². The van der Waals surface area contributed by atoms with Crippen molar-refractivity contribution in [3.63, 3.8) is 0 Å². The molecule has 18 heteroatoms. The largest absolute Gasteiger partial charge is 0.420 e. The van der Waals surface area contributed by atoms with Crippen LogP contribution < -0.4 is 5.32 Å². The zero-order chi connectivity index (χ0) is 29.6. The van der Waals surface area contributed by atoms with E-state index in [4.69, 9.17) is 6.57 Å². The van der Waals surface area contributed by atoms with Gasteiger partial charge in [0.25, 0.3) is 0 Å². The van der Waals surface area contributed by atoms with Crippen molar-refractivity contribution in [2.24, 2.45) is 13.0 Å². The van der Waals surface area contributed by atoms with Crippen LogP contribution in [0.5, 0.6) is 0 Å². The van der Waals surface area contributed by atoms with Gasteiger partial charge in [-0.15, -0.1) is 11.3 Å². The highest BCUT2D eigenvalue weighted by Gasteiger charge is 2.43. The van der Waals surface area contributed by atoms with Crippen molar-refractivity contribution in [1.29, 1.82) is 0 Å². The van der Waals surface area contributed by atoms with E-state index in [-0.39, 0.29) is 47.6 Å². The second kappa shape index (κ2) is 10.6. The fraction of sp³-hybridized carbons (Fsp3) is 0.455. The Bertz CT molecular complexity index is 1550. The molecule has 216 valence electrons. The summed E-state index contributed by atoms with van der Waals surface area (Å²) in [5.41, 5.74) is -2.75. The lowest BCUT2D eigenvalue weighted by Gasteiger charge is -2.36. The standard InChI is InChI=1S/C22H21F6N7O3S2/c1-11-9-35(40(37,38)12-7-31-34(3)10-12)5-4-14(11)32-20-30-8-13(21(23,24)25)17(33-20)16-6-15(29-2)18(39-16)19(36)22(26,27)28/h6-8,10-11,14,19,36H,4-5,9H2,1,3H3,(H,30,32,33)/t11-,14+,19?/m1/s1. The van der Waals surface area contributed by atoms with Gasteiger partial charge >= 0.3 is 12.4 Å². The average Bonchev–Trinajstić information content (AvgIpc) is 3.50. The Morgan fingerprint density at radius 3 is 2.50 bits per heavy atom. The van der Waals surface area contributed by atoms with Crippen molar-refractivity contribution in [2.75, 3.05) is 18.4 Å². The lowest BCUT2D eigenvalue weighted by Crippen LogP contribution is -2.47. The maximum atomic E-state index is 13.8. The van der Waals surface area contributed by atoms with Gasteiger partial charge in [-0.3, -0.25) is 4.68 Å². The maximum Gasteiger partial charge on any atom is 0.420 e. The molecule has 0 saturated carbocycles. The Balaban J connectivity index is 1.61. The summed E-state index contributed by atoms with van der Waals surface area (Å²) in [6, 6.07) is 0.364. The summed E-state index contributed by atoms with van der Waals surface area (Å²) in [7, 11) is -2.24. The third-order valence-corrected chi connectivity index (χ3v) is 9.25. The number of aryl methyl sites for hydroxylation is 1. The molecule has 1 aliphatic rings. The number of nitrogens with zero attached hydrogens (tertiary/aromatic N) is 6. The normalized spacial score (nSPS) is 19.8. The molecular formula is C22H21F6N7O3S2. The molecular weight excluding hydrogens is 588 g/mol. The highest BCUT2D eigenvalue weighted by atomic mass is 32.2. The molecule has 0 aromatic carbocycles. The van der Waals surface area contributed by atoms with E-state index in [0.717, 1.165) is 6.07 Å². The number of hydrogen-bond acceptors (Lipinski definition) is 8. The molecule has 4 rings (SSSR count). The first-order valence-corrected chi connectivity index (χ1v) is 13.7. The van der Waals surface area contributed by atoms with E-state index in [0.29, 0.717) is 6.20 Å². The van der Waals surface area contributed by atoms with Gasteiger partial charge in [-0.1, -0.05) is 6.92 Å². The zero-order valence-corrected chi connectivity index (χ0v) is 22.3. The third-order valence-electron chi connectivity index (χ3n) is 6.25. The molecule has 1 unspecified atom stereocenters. The number of alkyl halides is 6. The highest BCUT2D eigenvalue weighted by Crippen LogP contribution is 2.47. The summed E-state index contributed by atoms with van der Waals surface area (Å²) < 4.78 is 109. The van der Waals surface area contributed by atoms with Crippen LogP contribution in [0, 0.1) is 12.5 Å². The number of anilines is 1. The molecule has 3 atom stereocenters. The zero-order valence-electron chi connectivity index (χ0n) is 20.7. The Kier molecular flexibility index (Phi) is 7.88. The first-order valence-electron chi connectivity index (χ1n) is 11.5. The van der Waals surface area contributed by atoms with Crippen molar-refractivity contribution in [2.45, 2.75) is 42.7 Å². The Morgan fingerprint density at radius 2 is 1.95 bits per heavy atom. The number of aliphatic hydroxyl groups is 1. The minimum Gasteiger partial charge on any atom is -0.380 e. The number of aromatic nitrogens is 4. The molecule has 3 aromatic heterocycles. The molecule has 10 nitrogen and oxygen atoms in total. The van der Waals surface area contributed by atoms with Gasteiger partial charge in [-0.2, -0.15) is 35.7 Å². The number of piperidine rings is 1. The SMILES string of the molecule is [C-]#[N+]c1cc(-c2nc(N[C@H]3CCN(S(=O)(=O)c4cnn(C)c4)C[C@H]3C)ncc2C(F)(F)F)sc1C(O)C(F)(F)F. The predicted octanol–water partition coefficient (Wildman–Crippen LogP) is 4.62. The van der Waals surface area contributed by atoms with Crippen LogP contribution in [-0.2, 0) is 23.2 Å². The number of aliphatic hydroxyl groups excluding tert-OH is 1. The number of thiophene rings is 1. The Morgan fingerprint density at radius 1 is 1.25 bits per heavy atom. The van der Waals surface area contributed by atoms with Gasteiger partial charge in [-0.05, 0) is 18.4 Å². The summed E-state index contributed by atoms with van der Waals surface area (Å²) in [4.78, 5) is 9.34. The fourth-order valence-electron chi connectivity index (χ4n) is 4.18. The average molecular weight is 610 g/mol. The number of hydrogen-bond donors (Lipinski definition) is 2. The number of halogens is 6. The molecule has 0 radical (unpaired) electrons. The minimum absolute atomic E-state index is 0.0223. The minimum atomic E-state index is -5.14. The maximum absolute atomic E-state index is 13.8. The van der Waals surface area contributed by atoms with Gasteiger partial charge in [0, 0.05) is 48.3 Å². The summed E-state index contributed by atoms with van der Waals surface area (Å²) in [5.74, 6) is -0.599. The number of sulfonamides is 1. The van der Waals surface area contributed by atoms with Crippen LogP contribution in [0.15, 0.2) is 29.6 Å². The molecule has 40 heavy (non-hydrogen) atoms. The molecule has 0 aliphatic carbocycles. The first-order chi connectivity index (χ1) is 18.5. The summed E-state index contributed by atoms with van der Waals surface area (Å²) in [6.45, 7) is 9.03. The van der Waals surface area contributed by atoms with E-state index < -0.39 is 61.2 Å². The summed E-state index contributed by atoms with van der Waals surface area (Å²) >= 11 is 0.178. The molecule has 2 N–H and O–H groups in total. The smallest absolute Gasteiger partial charge is 0.380 e. The third kappa shape index (κ3) is 5.92. The quantitative estimate of drug-likeness (QED) is 0.310. The fourth-order valence-corrected chi connectivity index (χ4v) is 6.83. The molecule has 0 spiro atoms. The Labute approximate surface area is 228 Å². The van der Waals surface area contributed by atoms with Gasteiger partial charge in [0.2, 0.25) is 21.7 Å². The van der Waals surface area contributed by atoms with Crippen molar-refractivity contribution < 1.29 is 39.9 Å². The van der Waals surface area contributed by atoms with E-state index in [1.165, 1.54) is 21.4 Å². The number of rotatable bonds is 6. The highest BCUT2D eigenvalue weighted by molar-refractivity contribution is 7.89. The molecule has 1 saturated heterocycles. The van der Waals surface area contributed by atoms with Crippen molar-refractivity contribution in [1.82, 2.24) is 24.1 Å². The molecule has 0 amide bonds. The van der Waals surface area contributed by atoms with Crippen LogP contribution >= 0.6 is 11.3 Å². The summed E-state index contributed by atoms with van der Waals surface area (Å²) in [6.07, 6.45) is -9.84. The van der Waals surface area contributed by atoms with E-state index in [1.54, 1.807) is 14.0 Å². The van der Waals surface area contributed by atoms with Gasteiger partial charge in [0.05, 0.1) is 18.5 Å².